The predicted octanol–water partition coefficient (Wildman–Crippen LogP) is 3.32. The number of ketones is 1. The van der Waals surface area contributed by atoms with Crippen molar-refractivity contribution in [1.82, 2.24) is 9.13 Å². The van der Waals surface area contributed by atoms with Gasteiger partial charge in [-0.2, -0.15) is 0 Å². The van der Waals surface area contributed by atoms with Gasteiger partial charge in [0.05, 0.1) is 24.3 Å². The van der Waals surface area contributed by atoms with Gasteiger partial charge in [-0.25, -0.2) is 9.79 Å². The first-order chi connectivity index (χ1) is 16.4. The first-order valence-electron chi connectivity index (χ1n) is 11.0. The topological polar surface area (TPSA) is 82.7 Å². The van der Waals surface area contributed by atoms with Crippen LogP contribution in [0.2, 0.25) is 0 Å². The molecular weight excluding hydrogens is 430 g/mol. The second kappa shape index (κ2) is 7.12. The Labute approximate surface area is 194 Å². The van der Waals surface area contributed by atoms with Crippen LogP contribution < -0.4 is 16.0 Å². The summed E-state index contributed by atoms with van der Waals surface area (Å²) in [5.74, 6) is -0.598. The molecule has 1 aliphatic heterocycles. The van der Waals surface area contributed by atoms with E-state index < -0.39 is 23.1 Å². The van der Waals surface area contributed by atoms with E-state index in [2.05, 4.69) is 0 Å². The summed E-state index contributed by atoms with van der Waals surface area (Å²) in [5.41, 5.74) is 2.05. The number of aliphatic imine (C=N–C) groups is 1. The third kappa shape index (κ3) is 2.52. The van der Waals surface area contributed by atoms with Crippen molar-refractivity contribution in [2.45, 2.75) is 5.92 Å². The van der Waals surface area contributed by atoms with Gasteiger partial charge in [-0.1, -0.05) is 54.6 Å². The van der Waals surface area contributed by atoms with Crippen molar-refractivity contribution in [3.63, 3.8) is 0 Å². The molecule has 3 aromatic carbocycles. The lowest BCUT2D eigenvalue weighted by Crippen LogP contribution is -2.43. The highest BCUT2D eigenvalue weighted by atomic mass is 16.5. The van der Waals surface area contributed by atoms with Gasteiger partial charge in [0.1, 0.15) is 11.6 Å². The number of benzene rings is 3. The zero-order valence-electron chi connectivity index (χ0n) is 18.9. The average molecular weight is 451 g/mol. The third-order valence-electron chi connectivity index (χ3n) is 7.05. The molecule has 0 amide bonds. The van der Waals surface area contributed by atoms with Crippen LogP contribution in [0, 0.1) is 5.92 Å². The van der Waals surface area contributed by atoms with Crippen molar-refractivity contribution in [1.29, 1.82) is 0 Å². The Kier molecular flexibility index (Phi) is 4.26. The summed E-state index contributed by atoms with van der Waals surface area (Å²) in [7, 11) is 4.63. The predicted molar refractivity (Wildman–Crippen MR) is 130 cm³/mol. The van der Waals surface area contributed by atoms with Crippen LogP contribution in [-0.2, 0) is 14.1 Å². The smallest absolute Gasteiger partial charge is 0.332 e. The second-order valence-electron chi connectivity index (χ2n) is 8.71. The van der Waals surface area contributed by atoms with Gasteiger partial charge >= 0.3 is 5.69 Å². The molecule has 2 aliphatic rings. The van der Waals surface area contributed by atoms with Crippen LogP contribution in [0.5, 0.6) is 5.75 Å². The molecule has 2 atom stereocenters. The molecule has 34 heavy (non-hydrogen) atoms. The van der Waals surface area contributed by atoms with Crippen molar-refractivity contribution in [3.05, 3.63) is 104 Å². The zero-order chi connectivity index (χ0) is 23.7. The monoisotopic (exact) mass is 451 g/mol. The van der Waals surface area contributed by atoms with Crippen LogP contribution in [0.25, 0.3) is 10.8 Å². The molecule has 168 valence electrons. The van der Waals surface area contributed by atoms with E-state index in [1.54, 1.807) is 20.2 Å². The maximum absolute atomic E-state index is 13.8. The zero-order valence-corrected chi connectivity index (χ0v) is 18.9. The van der Waals surface area contributed by atoms with Gasteiger partial charge in [-0.15, -0.1) is 0 Å². The number of aromatic nitrogens is 2. The fourth-order valence-corrected chi connectivity index (χ4v) is 5.45. The maximum atomic E-state index is 13.8. The first kappa shape index (κ1) is 20.4. The van der Waals surface area contributed by atoms with Crippen LogP contribution in [0.15, 0.2) is 75.2 Å². The van der Waals surface area contributed by atoms with Gasteiger partial charge in [-0.3, -0.25) is 18.7 Å². The van der Waals surface area contributed by atoms with Gasteiger partial charge in [0.15, 0.2) is 5.78 Å². The summed E-state index contributed by atoms with van der Waals surface area (Å²) < 4.78 is 8.24. The number of rotatable bonds is 2. The lowest BCUT2D eigenvalue weighted by molar-refractivity contribution is 0.0953. The third-order valence-corrected chi connectivity index (χ3v) is 7.05. The van der Waals surface area contributed by atoms with Crippen LogP contribution in [0.1, 0.15) is 33.0 Å². The lowest BCUT2D eigenvalue weighted by Gasteiger charge is -2.31. The molecule has 0 N–H and O–H groups in total. The number of fused-ring (bicyclic) bond motifs is 5. The largest absolute Gasteiger partial charge is 0.496 e. The summed E-state index contributed by atoms with van der Waals surface area (Å²) in [6.07, 6.45) is 0. The summed E-state index contributed by atoms with van der Waals surface area (Å²) >= 11 is 0. The Morgan fingerprint density at radius 2 is 1.50 bits per heavy atom. The van der Waals surface area contributed by atoms with Crippen LogP contribution in [0.4, 0.5) is 5.82 Å². The SMILES string of the molecule is COc1ccc2ccccc2c1[C@H]1c2c(n(C)c(=O)n(C)c2=O)N=C2c3ccccc3C(=O)[C@@H]21. The van der Waals surface area contributed by atoms with Crippen LogP contribution in [-0.4, -0.2) is 27.7 Å². The van der Waals surface area contributed by atoms with Crippen molar-refractivity contribution in [2.24, 2.45) is 25.0 Å². The van der Waals surface area contributed by atoms with Crippen LogP contribution in [0.3, 0.4) is 0 Å². The second-order valence-corrected chi connectivity index (χ2v) is 8.71. The van der Waals surface area contributed by atoms with E-state index in [1.165, 1.54) is 11.6 Å². The maximum Gasteiger partial charge on any atom is 0.332 e. The molecule has 4 aromatic rings. The van der Waals surface area contributed by atoms with E-state index in [-0.39, 0.29) is 11.6 Å². The molecular formula is C27H21N3O4. The summed E-state index contributed by atoms with van der Waals surface area (Å²) in [6, 6.07) is 19.0. The standard InChI is InChI=1S/C27H21N3O4/c1-29-25-22(26(32)30(2)27(29)33)20(19-15-9-5-4-8-14(15)12-13-18(19)34-3)21-23(28-25)16-10-6-7-11-17(16)24(21)31/h4-13,20-21H,1-3H3/t20-,21-/m1/s1. The van der Waals surface area contributed by atoms with Gasteiger partial charge < -0.3 is 4.74 Å². The quantitative estimate of drug-likeness (QED) is 0.468. The van der Waals surface area contributed by atoms with Crippen LogP contribution >= 0.6 is 0 Å². The Hall–Kier alpha value is -4.26. The highest BCUT2D eigenvalue weighted by Gasteiger charge is 2.49. The lowest BCUT2D eigenvalue weighted by atomic mass is 9.74. The molecule has 6 rings (SSSR count). The minimum absolute atomic E-state index is 0.0871. The molecule has 0 saturated heterocycles. The normalized spacial score (nSPS) is 18.3. The Morgan fingerprint density at radius 1 is 0.794 bits per heavy atom. The molecule has 1 aromatic heterocycles. The molecule has 0 spiro atoms. The van der Waals surface area contributed by atoms with E-state index in [4.69, 9.17) is 9.73 Å². The average Bonchev–Trinajstić information content (AvgIpc) is 3.16. The molecule has 7 nitrogen and oxygen atoms in total. The Bertz CT molecular complexity index is 1690. The molecule has 0 bridgehead atoms. The number of ether oxygens (including phenoxy) is 1. The minimum atomic E-state index is -0.699. The Morgan fingerprint density at radius 3 is 2.26 bits per heavy atom. The molecule has 1 aliphatic carbocycles. The molecule has 0 fully saturated rings. The number of nitrogens with zero attached hydrogens (tertiary/aromatic N) is 3. The molecule has 0 saturated carbocycles. The Balaban J connectivity index is 1.80. The fourth-order valence-electron chi connectivity index (χ4n) is 5.45. The molecule has 2 heterocycles. The van der Waals surface area contributed by atoms with Gasteiger partial charge in [0.2, 0.25) is 0 Å². The number of hydrogen-bond donors (Lipinski definition) is 0. The van der Waals surface area contributed by atoms with Crippen molar-refractivity contribution < 1.29 is 9.53 Å². The number of carbonyl (C=O) groups excluding carboxylic acids is 1. The van der Waals surface area contributed by atoms with E-state index in [9.17, 15) is 14.4 Å². The summed E-state index contributed by atoms with van der Waals surface area (Å²) in [6.45, 7) is 0. The number of hydrogen-bond acceptors (Lipinski definition) is 5. The van der Waals surface area contributed by atoms with Crippen molar-refractivity contribution in [3.8, 4) is 5.75 Å². The number of carbonyl (C=O) groups is 1. The minimum Gasteiger partial charge on any atom is -0.496 e. The number of Topliss-reactive ketones (excluding diaryl/α,β-unsaturated/α-hetero) is 1. The van der Waals surface area contributed by atoms with Gasteiger partial charge in [0.25, 0.3) is 5.56 Å². The van der Waals surface area contributed by atoms with Gasteiger partial charge in [-0.05, 0) is 16.8 Å². The summed E-state index contributed by atoms with van der Waals surface area (Å²) in [5, 5.41) is 1.85. The van der Waals surface area contributed by atoms with E-state index in [0.29, 0.717) is 22.6 Å². The van der Waals surface area contributed by atoms with E-state index >= 15 is 0 Å². The summed E-state index contributed by atoms with van der Waals surface area (Å²) in [4.78, 5) is 45.0. The molecule has 0 radical (unpaired) electrons. The van der Waals surface area contributed by atoms with E-state index in [0.717, 1.165) is 26.5 Å². The fraction of sp³-hybridized carbons (Fsp3) is 0.185. The number of methoxy groups -OCH3 is 1. The van der Waals surface area contributed by atoms with E-state index in [1.807, 2.05) is 54.6 Å². The molecule has 0 unspecified atom stereocenters. The highest BCUT2D eigenvalue weighted by molar-refractivity contribution is 6.30. The van der Waals surface area contributed by atoms with Crippen molar-refractivity contribution in [2.75, 3.05) is 7.11 Å². The first-order valence-corrected chi connectivity index (χ1v) is 11.0. The molecule has 7 heteroatoms. The van der Waals surface area contributed by atoms with Gasteiger partial charge in [0, 0.05) is 36.7 Å². The highest BCUT2D eigenvalue weighted by Crippen LogP contribution is 2.50. The van der Waals surface area contributed by atoms with Crippen molar-refractivity contribution >= 4 is 28.1 Å².